The number of aryl methyl sites for hydroxylation is 2. The summed E-state index contributed by atoms with van der Waals surface area (Å²) in [4.78, 5) is 8.53. The molecule has 0 bridgehead atoms. The lowest BCUT2D eigenvalue weighted by Crippen LogP contribution is -1.92. The van der Waals surface area contributed by atoms with E-state index in [9.17, 15) is 0 Å². The summed E-state index contributed by atoms with van der Waals surface area (Å²) in [6.45, 7) is 4.00. The van der Waals surface area contributed by atoms with Gasteiger partial charge in [-0.15, -0.1) is 0 Å². The van der Waals surface area contributed by atoms with Gasteiger partial charge in [0.2, 0.25) is 5.88 Å². The van der Waals surface area contributed by atoms with Crippen LogP contribution in [0.4, 0.5) is 0 Å². The molecule has 3 nitrogen and oxygen atoms in total. The second-order valence-corrected chi connectivity index (χ2v) is 3.67. The zero-order valence-corrected chi connectivity index (χ0v) is 9.69. The quantitative estimate of drug-likeness (QED) is 0.771. The smallest absolute Gasteiger partial charge is 0.213 e. The summed E-state index contributed by atoms with van der Waals surface area (Å²) < 4.78 is 5.11. The molecule has 0 aliphatic carbocycles. The standard InChI is InChI=1S/C13H14N2O/c1-9-4-5-12(10(2)15-9)11-6-7-14-13(8-11)16-3/h4-8H,1-3H3. The molecule has 0 saturated heterocycles. The van der Waals surface area contributed by atoms with Gasteiger partial charge in [-0.25, -0.2) is 4.98 Å². The number of hydrogen-bond acceptors (Lipinski definition) is 3. The molecule has 2 rings (SSSR count). The van der Waals surface area contributed by atoms with Crippen LogP contribution < -0.4 is 4.74 Å². The van der Waals surface area contributed by atoms with E-state index < -0.39 is 0 Å². The molecule has 0 aromatic carbocycles. The Labute approximate surface area is 95.1 Å². The number of rotatable bonds is 2. The van der Waals surface area contributed by atoms with Gasteiger partial charge in [-0.2, -0.15) is 0 Å². The second kappa shape index (κ2) is 4.31. The molecule has 0 spiro atoms. The lowest BCUT2D eigenvalue weighted by atomic mass is 10.1. The van der Waals surface area contributed by atoms with Gasteiger partial charge in [0.05, 0.1) is 7.11 Å². The molecule has 0 N–H and O–H groups in total. The molecular weight excluding hydrogens is 200 g/mol. The highest BCUT2D eigenvalue weighted by Crippen LogP contribution is 2.24. The molecular formula is C13H14N2O. The molecule has 0 aliphatic rings. The number of nitrogens with zero attached hydrogens (tertiary/aromatic N) is 2. The molecule has 16 heavy (non-hydrogen) atoms. The van der Waals surface area contributed by atoms with Crippen LogP contribution >= 0.6 is 0 Å². The number of ether oxygens (including phenoxy) is 1. The molecule has 2 aromatic rings. The largest absolute Gasteiger partial charge is 0.481 e. The molecule has 0 aliphatic heterocycles. The van der Waals surface area contributed by atoms with Gasteiger partial charge in [-0.3, -0.25) is 4.98 Å². The molecule has 2 aromatic heterocycles. The van der Waals surface area contributed by atoms with E-state index in [1.165, 1.54) is 0 Å². The first-order chi connectivity index (χ1) is 7.70. The monoisotopic (exact) mass is 214 g/mol. The lowest BCUT2D eigenvalue weighted by Gasteiger charge is -2.07. The van der Waals surface area contributed by atoms with Crippen molar-refractivity contribution in [1.29, 1.82) is 0 Å². The van der Waals surface area contributed by atoms with Crippen LogP contribution in [0.25, 0.3) is 11.1 Å². The van der Waals surface area contributed by atoms with Crippen molar-refractivity contribution in [2.75, 3.05) is 7.11 Å². The molecule has 0 unspecified atom stereocenters. The van der Waals surface area contributed by atoms with Crippen molar-refractivity contribution in [1.82, 2.24) is 9.97 Å². The first-order valence-electron chi connectivity index (χ1n) is 5.15. The summed E-state index contributed by atoms with van der Waals surface area (Å²) in [6, 6.07) is 7.96. The maximum Gasteiger partial charge on any atom is 0.213 e. The molecule has 0 amide bonds. The Balaban J connectivity index is 2.49. The van der Waals surface area contributed by atoms with Gasteiger partial charge in [0.15, 0.2) is 0 Å². The third kappa shape index (κ3) is 2.03. The molecule has 0 radical (unpaired) electrons. The maximum absolute atomic E-state index is 5.11. The van der Waals surface area contributed by atoms with Gasteiger partial charge in [0.1, 0.15) is 0 Å². The van der Waals surface area contributed by atoms with Crippen molar-refractivity contribution < 1.29 is 4.74 Å². The van der Waals surface area contributed by atoms with Crippen LogP contribution in [0.2, 0.25) is 0 Å². The third-order valence-electron chi connectivity index (χ3n) is 2.48. The van der Waals surface area contributed by atoms with E-state index in [-0.39, 0.29) is 0 Å². The van der Waals surface area contributed by atoms with Crippen LogP contribution in [0.5, 0.6) is 5.88 Å². The van der Waals surface area contributed by atoms with Crippen molar-refractivity contribution in [3.05, 3.63) is 41.9 Å². The SMILES string of the molecule is COc1cc(-c2ccc(C)nc2C)ccn1. The molecule has 82 valence electrons. The van der Waals surface area contributed by atoms with Crippen molar-refractivity contribution in [2.24, 2.45) is 0 Å². The maximum atomic E-state index is 5.11. The van der Waals surface area contributed by atoms with E-state index in [0.717, 1.165) is 22.5 Å². The normalized spacial score (nSPS) is 10.2. The van der Waals surface area contributed by atoms with Gasteiger partial charge in [-0.05, 0) is 31.5 Å². The Bertz CT molecular complexity index is 509. The summed E-state index contributed by atoms with van der Waals surface area (Å²) in [7, 11) is 1.62. The minimum Gasteiger partial charge on any atom is -0.481 e. The minimum absolute atomic E-state index is 0.623. The first kappa shape index (κ1) is 10.6. The molecule has 0 saturated carbocycles. The van der Waals surface area contributed by atoms with E-state index >= 15 is 0 Å². The van der Waals surface area contributed by atoms with Crippen molar-refractivity contribution >= 4 is 0 Å². The molecule has 3 heteroatoms. The van der Waals surface area contributed by atoms with Crippen molar-refractivity contribution in [3.63, 3.8) is 0 Å². The zero-order valence-electron chi connectivity index (χ0n) is 9.69. The summed E-state index contributed by atoms with van der Waals surface area (Å²) in [6.07, 6.45) is 1.74. The Kier molecular flexibility index (Phi) is 2.86. The first-order valence-corrected chi connectivity index (χ1v) is 5.15. The highest BCUT2D eigenvalue weighted by molar-refractivity contribution is 5.66. The van der Waals surface area contributed by atoms with Crippen LogP contribution in [0, 0.1) is 13.8 Å². The summed E-state index contributed by atoms with van der Waals surface area (Å²) in [5.74, 6) is 0.623. The summed E-state index contributed by atoms with van der Waals surface area (Å²) >= 11 is 0. The average molecular weight is 214 g/mol. The summed E-state index contributed by atoms with van der Waals surface area (Å²) in [5, 5.41) is 0. The Hall–Kier alpha value is -1.90. The zero-order chi connectivity index (χ0) is 11.5. The van der Waals surface area contributed by atoms with E-state index in [1.54, 1.807) is 13.3 Å². The number of hydrogen-bond donors (Lipinski definition) is 0. The predicted octanol–water partition coefficient (Wildman–Crippen LogP) is 2.77. The fourth-order valence-electron chi connectivity index (χ4n) is 1.68. The Morgan fingerprint density at radius 3 is 2.62 bits per heavy atom. The van der Waals surface area contributed by atoms with Crippen LogP contribution in [-0.2, 0) is 0 Å². The highest BCUT2D eigenvalue weighted by atomic mass is 16.5. The van der Waals surface area contributed by atoms with E-state index in [1.807, 2.05) is 32.0 Å². The van der Waals surface area contributed by atoms with Gasteiger partial charge >= 0.3 is 0 Å². The topological polar surface area (TPSA) is 35.0 Å². The second-order valence-electron chi connectivity index (χ2n) is 3.67. The van der Waals surface area contributed by atoms with E-state index in [0.29, 0.717) is 5.88 Å². The van der Waals surface area contributed by atoms with Gasteiger partial charge in [0.25, 0.3) is 0 Å². The van der Waals surface area contributed by atoms with E-state index in [2.05, 4.69) is 16.0 Å². The molecule has 0 atom stereocenters. The van der Waals surface area contributed by atoms with Crippen molar-refractivity contribution in [3.8, 4) is 17.0 Å². The molecule has 0 fully saturated rings. The van der Waals surface area contributed by atoms with Crippen molar-refractivity contribution in [2.45, 2.75) is 13.8 Å². The highest BCUT2D eigenvalue weighted by Gasteiger charge is 2.04. The minimum atomic E-state index is 0.623. The number of pyridine rings is 2. The number of aromatic nitrogens is 2. The fourth-order valence-corrected chi connectivity index (χ4v) is 1.68. The van der Waals surface area contributed by atoms with Crippen LogP contribution in [-0.4, -0.2) is 17.1 Å². The average Bonchev–Trinajstić information content (AvgIpc) is 2.29. The van der Waals surface area contributed by atoms with E-state index in [4.69, 9.17) is 4.74 Å². The van der Waals surface area contributed by atoms with Gasteiger partial charge in [-0.1, -0.05) is 6.07 Å². The van der Waals surface area contributed by atoms with Crippen LogP contribution in [0.1, 0.15) is 11.4 Å². The number of methoxy groups -OCH3 is 1. The van der Waals surface area contributed by atoms with Gasteiger partial charge < -0.3 is 4.74 Å². The predicted molar refractivity (Wildman–Crippen MR) is 63.5 cm³/mol. The summed E-state index contributed by atoms with van der Waals surface area (Å²) in [5.41, 5.74) is 4.25. The van der Waals surface area contributed by atoms with Gasteiger partial charge in [0, 0.05) is 29.2 Å². The third-order valence-corrected chi connectivity index (χ3v) is 2.48. The Morgan fingerprint density at radius 1 is 1.12 bits per heavy atom. The fraction of sp³-hybridized carbons (Fsp3) is 0.231. The Morgan fingerprint density at radius 2 is 1.94 bits per heavy atom. The van der Waals surface area contributed by atoms with Crippen LogP contribution in [0.15, 0.2) is 30.5 Å². The van der Waals surface area contributed by atoms with Crippen LogP contribution in [0.3, 0.4) is 0 Å². The lowest BCUT2D eigenvalue weighted by molar-refractivity contribution is 0.398. The molecule has 2 heterocycles.